The van der Waals surface area contributed by atoms with E-state index in [0.29, 0.717) is 18.5 Å². The van der Waals surface area contributed by atoms with Gasteiger partial charge in [-0.25, -0.2) is 4.98 Å². The van der Waals surface area contributed by atoms with E-state index in [9.17, 15) is 9.59 Å². The van der Waals surface area contributed by atoms with Crippen molar-refractivity contribution in [3.8, 4) is 0 Å². The summed E-state index contributed by atoms with van der Waals surface area (Å²) in [6.07, 6.45) is 1.33. The van der Waals surface area contributed by atoms with Crippen LogP contribution in [0.25, 0.3) is 0 Å². The van der Waals surface area contributed by atoms with Crippen LogP contribution in [0.5, 0.6) is 0 Å². The monoisotopic (exact) mass is 439 g/mol. The van der Waals surface area contributed by atoms with Crippen molar-refractivity contribution < 1.29 is 9.59 Å². The molecule has 0 atom stereocenters. The van der Waals surface area contributed by atoms with E-state index in [0.717, 1.165) is 39.0 Å². The zero-order valence-electron chi connectivity index (χ0n) is 17.1. The number of carbonyl (C=O) groups excluding carboxylic acids is 2. The summed E-state index contributed by atoms with van der Waals surface area (Å²) in [5.41, 5.74) is 3.46. The number of aromatic nitrogens is 1. The zero-order valence-corrected chi connectivity index (χ0v) is 18.7. The summed E-state index contributed by atoms with van der Waals surface area (Å²) < 4.78 is 0. The van der Waals surface area contributed by atoms with E-state index in [1.54, 1.807) is 23.1 Å². The Kier molecular flexibility index (Phi) is 8.04. The molecular weight excluding hydrogens is 414 g/mol. The molecule has 0 aliphatic carbocycles. The SMILES string of the molecule is CCCC(=O)Nc1ccc(CNC(=O)c2ccc(SCc3csc(C)n3)cc2)cc1. The molecule has 3 aromatic rings. The Bertz CT molecular complexity index is 982. The lowest BCUT2D eigenvalue weighted by atomic mass is 10.1. The number of anilines is 1. The molecule has 7 heteroatoms. The maximum atomic E-state index is 12.4. The van der Waals surface area contributed by atoms with E-state index in [2.05, 4.69) is 21.0 Å². The summed E-state index contributed by atoms with van der Waals surface area (Å²) in [6.45, 7) is 4.41. The van der Waals surface area contributed by atoms with Gasteiger partial charge in [0.25, 0.3) is 5.91 Å². The third-order valence-electron chi connectivity index (χ3n) is 4.34. The van der Waals surface area contributed by atoms with Gasteiger partial charge in [0.1, 0.15) is 0 Å². The molecule has 2 amide bonds. The standard InChI is InChI=1S/C23H25N3O2S2/c1-3-4-22(27)26-19-9-5-17(6-10-19)13-24-23(28)18-7-11-21(12-8-18)30-15-20-14-29-16(2)25-20/h5-12,14H,3-4,13,15H2,1-2H3,(H,24,28)(H,26,27). The number of carbonyl (C=O) groups is 2. The zero-order chi connectivity index (χ0) is 21.3. The van der Waals surface area contributed by atoms with Crippen molar-refractivity contribution >= 4 is 40.6 Å². The first-order chi connectivity index (χ1) is 14.5. The lowest BCUT2D eigenvalue weighted by Crippen LogP contribution is -2.22. The van der Waals surface area contributed by atoms with Gasteiger partial charge in [0.2, 0.25) is 5.91 Å². The highest BCUT2D eigenvalue weighted by Gasteiger charge is 2.07. The lowest BCUT2D eigenvalue weighted by Gasteiger charge is -2.08. The number of benzene rings is 2. The summed E-state index contributed by atoms with van der Waals surface area (Å²) in [5, 5.41) is 8.95. The van der Waals surface area contributed by atoms with Crippen molar-refractivity contribution in [3.05, 3.63) is 75.7 Å². The van der Waals surface area contributed by atoms with E-state index in [4.69, 9.17) is 0 Å². The number of nitrogens with one attached hydrogen (secondary N) is 2. The Morgan fingerprint density at radius 2 is 1.80 bits per heavy atom. The second-order valence-corrected chi connectivity index (χ2v) is 8.96. The molecule has 0 spiro atoms. The smallest absolute Gasteiger partial charge is 0.251 e. The van der Waals surface area contributed by atoms with Crippen LogP contribution in [0, 0.1) is 6.92 Å². The number of thioether (sulfide) groups is 1. The highest BCUT2D eigenvalue weighted by atomic mass is 32.2. The third kappa shape index (κ3) is 6.71. The molecule has 1 aromatic heterocycles. The quantitative estimate of drug-likeness (QED) is 0.437. The molecule has 0 saturated carbocycles. The molecule has 3 rings (SSSR count). The van der Waals surface area contributed by atoms with Crippen LogP contribution >= 0.6 is 23.1 Å². The Balaban J connectivity index is 1.46. The molecule has 156 valence electrons. The summed E-state index contributed by atoms with van der Waals surface area (Å²) in [4.78, 5) is 29.6. The summed E-state index contributed by atoms with van der Waals surface area (Å²) in [5.74, 6) is 0.731. The number of nitrogens with zero attached hydrogens (tertiary/aromatic N) is 1. The van der Waals surface area contributed by atoms with E-state index >= 15 is 0 Å². The number of hydrogen-bond donors (Lipinski definition) is 2. The first-order valence-corrected chi connectivity index (χ1v) is 11.7. The fraction of sp³-hybridized carbons (Fsp3) is 0.261. The largest absolute Gasteiger partial charge is 0.348 e. The van der Waals surface area contributed by atoms with Crippen LogP contribution in [0.1, 0.15) is 46.4 Å². The second kappa shape index (κ2) is 10.9. The van der Waals surface area contributed by atoms with Gasteiger partial charge >= 0.3 is 0 Å². The van der Waals surface area contributed by atoms with Crippen molar-refractivity contribution in [2.45, 2.75) is 43.9 Å². The van der Waals surface area contributed by atoms with Gasteiger partial charge in [0.15, 0.2) is 0 Å². The van der Waals surface area contributed by atoms with Crippen molar-refractivity contribution in [3.63, 3.8) is 0 Å². The minimum absolute atomic E-state index is 0.0156. The normalized spacial score (nSPS) is 10.6. The van der Waals surface area contributed by atoms with Crippen LogP contribution in [0.15, 0.2) is 58.8 Å². The van der Waals surface area contributed by atoms with Crippen molar-refractivity contribution in [2.75, 3.05) is 5.32 Å². The van der Waals surface area contributed by atoms with Gasteiger partial charge in [-0.15, -0.1) is 23.1 Å². The molecule has 0 saturated heterocycles. The van der Waals surface area contributed by atoms with Crippen molar-refractivity contribution in [1.29, 1.82) is 0 Å². The Morgan fingerprint density at radius 1 is 1.07 bits per heavy atom. The van der Waals surface area contributed by atoms with Gasteiger partial charge in [-0.05, 0) is 55.3 Å². The van der Waals surface area contributed by atoms with Gasteiger partial charge < -0.3 is 10.6 Å². The maximum Gasteiger partial charge on any atom is 0.251 e. The predicted octanol–water partition coefficient (Wildman–Crippen LogP) is 5.41. The molecule has 0 unspecified atom stereocenters. The Morgan fingerprint density at radius 3 is 2.43 bits per heavy atom. The first kappa shape index (κ1) is 22.1. The van der Waals surface area contributed by atoms with Crippen molar-refractivity contribution in [1.82, 2.24) is 10.3 Å². The molecule has 0 radical (unpaired) electrons. The van der Waals surface area contributed by atoms with Crippen LogP contribution in [0.4, 0.5) is 5.69 Å². The number of amides is 2. The molecule has 30 heavy (non-hydrogen) atoms. The Labute approximate surface area is 185 Å². The highest BCUT2D eigenvalue weighted by molar-refractivity contribution is 7.98. The average Bonchev–Trinajstić information content (AvgIpc) is 3.17. The van der Waals surface area contributed by atoms with Crippen LogP contribution in [0.2, 0.25) is 0 Å². The van der Waals surface area contributed by atoms with E-state index in [-0.39, 0.29) is 11.8 Å². The predicted molar refractivity (Wildman–Crippen MR) is 124 cm³/mol. The molecule has 0 fully saturated rings. The molecular formula is C23H25N3O2S2. The van der Waals surface area contributed by atoms with Gasteiger partial charge in [-0.1, -0.05) is 19.1 Å². The Hall–Kier alpha value is -2.64. The molecule has 0 aliphatic rings. The van der Waals surface area contributed by atoms with Gasteiger partial charge in [0, 0.05) is 40.2 Å². The van der Waals surface area contributed by atoms with Crippen LogP contribution in [-0.4, -0.2) is 16.8 Å². The molecule has 2 aromatic carbocycles. The maximum absolute atomic E-state index is 12.4. The van der Waals surface area contributed by atoms with E-state index in [1.165, 1.54) is 0 Å². The number of rotatable bonds is 9. The van der Waals surface area contributed by atoms with Gasteiger partial charge in [-0.2, -0.15) is 0 Å². The minimum Gasteiger partial charge on any atom is -0.348 e. The average molecular weight is 440 g/mol. The van der Waals surface area contributed by atoms with Crippen LogP contribution < -0.4 is 10.6 Å². The summed E-state index contributed by atoms with van der Waals surface area (Å²) in [7, 11) is 0. The van der Waals surface area contributed by atoms with Crippen LogP contribution in [0.3, 0.4) is 0 Å². The van der Waals surface area contributed by atoms with Crippen molar-refractivity contribution in [2.24, 2.45) is 0 Å². The highest BCUT2D eigenvalue weighted by Crippen LogP contribution is 2.24. The first-order valence-electron chi connectivity index (χ1n) is 9.84. The third-order valence-corrected chi connectivity index (χ3v) is 6.21. The fourth-order valence-corrected chi connectivity index (χ4v) is 4.28. The fourth-order valence-electron chi connectivity index (χ4n) is 2.78. The lowest BCUT2D eigenvalue weighted by molar-refractivity contribution is -0.116. The minimum atomic E-state index is -0.109. The van der Waals surface area contributed by atoms with Gasteiger partial charge in [0.05, 0.1) is 10.7 Å². The van der Waals surface area contributed by atoms with E-state index in [1.807, 2.05) is 62.4 Å². The number of aryl methyl sites for hydroxylation is 1. The summed E-state index contributed by atoms with van der Waals surface area (Å²) in [6, 6.07) is 15.1. The molecule has 0 bridgehead atoms. The molecule has 0 aliphatic heterocycles. The second-order valence-electron chi connectivity index (χ2n) is 6.85. The van der Waals surface area contributed by atoms with Crippen LogP contribution in [-0.2, 0) is 17.1 Å². The number of thiazole rings is 1. The van der Waals surface area contributed by atoms with E-state index < -0.39 is 0 Å². The summed E-state index contributed by atoms with van der Waals surface area (Å²) >= 11 is 3.37. The van der Waals surface area contributed by atoms with Gasteiger partial charge in [-0.3, -0.25) is 9.59 Å². The topological polar surface area (TPSA) is 71.1 Å². The molecule has 1 heterocycles. The molecule has 5 nitrogen and oxygen atoms in total. The number of hydrogen-bond acceptors (Lipinski definition) is 5. The molecule has 2 N–H and O–H groups in total.